The minimum atomic E-state index is 0.0225. The van der Waals surface area contributed by atoms with Crippen LogP contribution < -0.4 is 5.32 Å². The molecule has 1 amide bonds. The SMILES string of the molecule is CCNc1ncc(Br)cc1C(=O)N(C)CC1CCN(C)C1. The Bertz CT molecular complexity index is 508. The number of carbonyl (C=O) groups excluding carboxylic acids is 1. The van der Waals surface area contributed by atoms with Crippen LogP contribution in [0, 0.1) is 5.92 Å². The first kappa shape index (κ1) is 16.2. The van der Waals surface area contributed by atoms with E-state index in [0.29, 0.717) is 17.3 Å². The van der Waals surface area contributed by atoms with Gasteiger partial charge in [-0.05, 0) is 54.9 Å². The Morgan fingerprint density at radius 3 is 3.00 bits per heavy atom. The second kappa shape index (κ2) is 7.22. The van der Waals surface area contributed by atoms with Crippen LogP contribution in [0.1, 0.15) is 23.7 Å². The Kier molecular flexibility index (Phi) is 5.58. The number of hydrogen-bond donors (Lipinski definition) is 1. The van der Waals surface area contributed by atoms with Gasteiger partial charge in [-0.25, -0.2) is 4.98 Å². The summed E-state index contributed by atoms with van der Waals surface area (Å²) in [6.45, 7) is 5.71. The summed E-state index contributed by atoms with van der Waals surface area (Å²) in [7, 11) is 4.00. The summed E-state index contributed by atoms with van der Waals surface area (Å²) >= 11 is 3.39. The van der Waals surface area contributed by atoms with E-state index in [-0.39, 0.29) is 5.91 Å². The Balaban J connectivity index is 2.09. The van der Waals surface area contributed by atoms with Crippen LogP contribution in [-0.4, -0.2) is 61.0 Å². The van der Waals surface area contributed by atoms with Gasteiger partial charge in [0, 0.05) is 37.4 Å². The molecule has 1 atom stereocenters. The van der Waals surface area contributed by atoms with Gasteiger partial charge in [-0.1, -0.05) is 0 Å². The van der Waals surface area contributed by atoms with Gasteiger partial charge in [0.05, 0.1) is 5.56 Å². The fourth-order valence-electron chi connectivity index (χ4n) is 2.76. The lowest BCUT2D eigenvalue weighted by Gasteiger charge is -2.22. The highest BCUT2D eigenvalue weighted by Gasteiger charge is 2.24. The summed E-state index contributed by atoms with van der Waals surface area (Å²) in [4.78, 5) is 21.1. The maximum Gasteiger partial charge on any atom is 0.257 e. The van der Waals surface area contributed by atoms with Crippen LogP contribution in [-0.2, 0) is 0 Å². The van der Waals surface area contributed by atoms with Crippen LogP contribution in [0.5, 0.6) is 0 Å². The maximum absolute atomic E-state index is 12.7. The van der Waals surface area contributed by atoms with E-state index in [0.717, 1.165) is 37.1 Å². The van der Waals surface area contributed by atoms with Crippen molar-refractivity contribution in [2.24, 2.45) is 5.92 Å². The minimum absolute atomic E-state index is 0.0225. The molecule has 1 aromatic rings. The van der Waals surface area contributed by atoms with Crippen molar-refractivity contribution in [1.82, 2.24) is 14.8 Å². The standard InChI is InChI=1S/C15H23BrN4O/c1-4-17-14-13(7-12(16)8-18-14)15(21)20(3)10-11-5-6-19(2)9-11/h7-8,11H,4-6,9-10H2,1-3H3,(H,17,18). The lowest BCUT2D eigenvalue weighted by atomic mass is 10.1. The number of aromatic nitrogens is 1. The molecule has 116 valence electrons. The molecule has 0 aliphatic carbocycles. The van der Waals surface area contributed by atoms with Gasteiger partial charge >= 0.3 is 0 Å². The van der Waals surface area contributed by atoms with E-state index >= 15 is 0 Å². The van der Waals surface area contributed by atoms with Crippen LogP contribution in [0.25, 0.3) is 0 Å². The predicted octanol–water partition coefficient (Wildman–Crippen LogP) is 2.30. The summed E-state index contributed by atoms with van der Waals surface area (Å²) in [6.07, 6.45) is 2.87. The van der Waals surface area contributed by atoms with Crippen molar-refractivity contribution in [3.63, 3.8) is 0 Å². The monoisotopic (exact) mass is 354 g/mol. The quantitative estimate of drug-likeness (QED) is 0.881. The molecule has 2 heterocycles. The van der Waals surface area contributed by atoms with Gasteiger partial charge in [0.25, 0.3) is 5.91 Å². The molecule has 21 heavy (non-hydrogen) atoms. The number of rotatable bonds is 5. The van der Waals surface area contributed by atoms with Crippen molar-refractivity contribution in [2.45, 2.75) is 13.3 Å². The Hall–Kier alpha value is -1.14. The molecular weight excluding hydrogens is 332 g/mol. The number of carbonyl (C=O) groups is 1. The minimum Gasteiger partial charge on any atom is -0.370 e. The number of likely N-dealkylation sites (tertiary alicyclic amines) is 1. The normalized spacial score (nSPS) is 18.8. The largest absolute Gasteiger partial charge is 0.370 e. The smallest absolute Gasteiger partial charge is 0.257 e. The number of amides is 1. The molecule has 1 aromatic heterocycles. The number of anilines is 1. The zero-order valence-electron chi connectivity index (χ0n) is 12.9. The third-order valence-electron chi connectivity index (χ3n) is 3.80. The van der Waals surface area contributed by atoms with Crippen LogP contribution in [0.2, 0.25) is 0 Å². The topological polar surface area (TPSA) is 48.5 Å². The number of nitrogens with one attached hydrogen (secondary N) is 1. The molecule has 1 N–H and O–H groups in total. The van der Waals surface area contributed by atoms with Crippen LogP contribution in [0.15, 0.2) is 16.7 Å². The van der Waals surface area contributed by atoms with Crippen molar-refractivity contribution < 1.29 is 4.79 Å². The third kappa shape index (κ3) is 4.17. The lowest BCUT2D eigenvalue weighted by molar-refractivity contribution is 0.0774. The number of halogens is 1. The van der Waals surface area contributed by atoms with Gasteiger partial charge in [0.2, 0.25) is 0 Å². The highest BCUT2D eigenvalue weighted by molar-refractivity contribution is 9.10. The molecule has 2 rings (SSSR count). The average Bonchev–Trinajstić information content (AvgIpc) is 2.85. The number of hydrogen-bond acceptors (Lipinski definition) is 4. The van der Waals surface area contributed by atoms with Gasteiger partial charge in [-0.15, -0.1) is 0 Å². The first-order chi connectivity index (χ1) is 10.0. The second-order valence-corrected chi connectivity index (χ2v) is 6.60. The highest BCUT2D eigenvalue weighted by atomic mass is 79.9. The predicted molar refractivity (Wildman–Crippen MR) is 88.7 cm³/mol. The summed E-state index contributed by atoms with van der Waals surface area (Å²) < 4.78 is 0.821. The molecule has 0 saturated carbocycles. The van der Waals surface area contributed by atoms with E-state index in [2.05, 4.69) is 38.2 Å². The van der Waals surface area contributed by atoms with Gasteiger partial charge in [0.1, 0.15) is 5.82 Å². The van der Waals surface area contributed by atoms with Gasteiger partial charge in [0.15, 0.2) is 0 Å². The molecule has 6 heteroatoms. The summed E-state index contributed by atoms with van der Waals surface area (Å²) in [5.41, 5.74) is 0.625. The van der Waals surface area contributed by atoms with Crippen LogP contribution >= 0.6 is 15.9 Å². The average molecular weight is 355 g/mol. The van der Waals surface area contributed by atoms with E-state index in [1.54, 1.807) is 6.20 Å². The van der Waals surface area contributed by atoms with Crippen molar-refractivity contribution >= 4 is 27.7 Å². The fraction of sp³-hybridized carbons (Fsp3) is 0.600. The second-order valence-electron chi connectivity index (χ2n) is 5.68. The van der Waals surface area contributed by atoms with E-state index in [9.17, 15) is 4.79 Å². The maximum atomic E-state index is 12.7. The molecule has 0 aromatic carbocycles. The summed E-state index contributed by atoms with van der Waals surface area (Å²) in [5, 5.41) is 3.15. The lowest BCUT2D eigenvalue weighted by Crippen LogP contribution is -2.33. The van der Waals surface area contributed by atoms with Crippen molar-refractivity contribution in [3.05, 3.63) is 22.3 Å². The Morgan fingerprint density at radius 2 is 2.38 bits per heavy atom. The molecule has 1 aliphatic heterocycles. The van der Waals surface area contributed by atoms with Crippen LogP contribution in [0.3, 0.4) is 0 Å². The van der Waals surface area contributed by atoms with E-state index in [1.165, 1.54) is 0 Å². The zero-order chi connectivity index (χ0) is 15.4. The molecule has 1 fully saturated rings. The fourth-order valence-corrected chi connectivity index (χ4v) is 3.09. The van der Waals surface area contributed by atoms with E-state index in [1.807, 2.05) is 24.9 Å². The van der Waals surface area contributed by atoms with Gasteiger partial charge in [-0.2, -0.15) is 0 Å². The zero-order valence-corrected chi connectivity index (χ0v) is 14.5. The van der Waals surface area contributed by atoms with Crippen molar-refractivity contribution in [1.29, 1.82) is 0 Å². The van der Waals surface area contributed by atoms with E-state index < -0.39 is 0 Å². The third-order valence-corrected chi connectivity index (χ3v) is 4.23. The highest BCUT2D eigenvalue weighted by Crippen LogP contribution is 2.21. The summed E-state index contributed by atoms with van der Waals surface area (Å²) in [6, 6.07) is 1.84. The van der Waals surface area contributed by atoms with Crippen LogP contribution in [0.4, 0.5) is 5.82 Å². The first-order valence-corrected chi connectivity index (χ1v) is 8.14. The molecular formula is C15H23BrN4O. The molecule has 5 nitrogen and oxygen atoms in total. The molecule has 1 saturated heterocycles. The molecule has 0 spiro atoms. The molecule has 1 aliphatic rings. The number of nitrogens with zero attached hydrogens (tertiary/aromatic N) is 3. The van der Waals surface area contributed by atoms with Gasteiger partial charge < -0.3 is 15.1 Å². The molecule has 0 radical (unpaired) electrons. The Labute approximate surface area is 134 Å². The molecule has 0 bridgehead atoms. The number of pyridine rings is 1. The Morgan fingerprint density at radius 1 is 1.62 bits per heavy atom. The van der Waals surface area contributed by atoms with Crippen molar-refractivity contribution in [3.8, 4) is 0 Å². The molecule has 1 unspecified atom stereocenters. The van der Waals surface area contributed by atoms with E-state index in [4.69, 9.17) is 0 Å². The van der Waals surface area contributed by atoms with Gasteiger partial charge in [-0.3, -0.25) is 4.79 Å². The van der Waals surface area contributed by atoms with Crippen molar-refractivity contribution in [2.75, 3.05) is 45.6 Å². The first-order valence-electron chi connectivity index (χ1n) is 7.34. The summed E-state index contributed by atoms with van der Waals surface area (Å²) in [5.74, 6) is 1.24.